The lowest BCUT2D eigenvalue weighted by molar-refractivity contribution is 0.469. The van der Waals surface area contributed by atoms with E-state index in [1.807, 2.05) is 49.4 Å². The average Bonchev–Trinajstić information content (AvgIpc) is 2.68. The van der Waals surface area contributed by atoms with E-state index in [0.29, 0.717) is 5.52 Å². The zero-order valence-corrected chi connectivity index (χ0v) is 15.6. The molecule has 1 N–H and O–H groups in total. The molecule has 0 aliphatic rings. The molecule has 134 valence electrons. The molecule has 0 spiro atoms. The minimum absolute atomic E-state index is 0.00584. The molecule has 2 aromatic carbocycles. The van der Waals surface area contributed by atoms with Gasteiger partial charge < -0.3 is 5.11 Å². The molecule has 0 fully saturated rings. The number of fused-ring (bicyclic) bond motifs is 1. The summed E-state index contributed by atoms with van der Waals surface area (Å²) < 4.78 is 0. The lowest BCUT2D eigenvalue weighted by Gasteiger charge is -2.20. The van der Waals surface area contributed by atoms with Crippen LogP contribution in [0.1, 0.15) is 34.0 Å². The molecule has 0 saturated heterocycles. The van der Waals surface area contributed by atoms with Gasteiger partial charge in [-0.05, 0) is 37.6 Å². The third-order valence-electron chi connectivity index (χ3n) is 4.99. The third-order valence-corrected chi connectivity index (χ3v) is 4.99. The molecule has 0 amide bonds. The highest BCUT2D eigenvalue weighted by molar-refractivity contribution is 5.85. The van der Waals surface area contributed by atoms with Gasteiger partial charge in [-0.25, -0.2) is 0 Å². The van der Waals surface area contributed by atoms with E-state index >= 15 is 0 Å². The van der Waals surface area contributed by atoms with Gasteiger partial charge in [0.2, 0.25) is 0 Å². The number of aromatic hydroxyl groups is 1. The van der Waals surface area contributed by atoms with Crippen LogP contribution in [0.2, 0.25) is 0 Å². The predicted molar refractivity (Wildman–Crippen MR) is 109 cm³/mol. The van der Waals surface area contributed by atoms with Crippen molar-refractivity contribution >= 4 is 10.9 Å². The number of phenolic OH excluding ortho intramolecular Hbond substituents is 1. The molecule has 0 saturated carbocycles. The van der Waals surface area contributed by atoms with Gasteiger partial charge in [-0.15, -0.1) is 0 Å². The van der Waals surface area contributed by atoms with Crippen LogP contribution in [0.15, 0.2) is 72.9 Å². The predicted octanol–water partition coefficient (Wildman–Crippen LogP) is 5.33. The first-order valence-corrected chi connectivity index (χ1v) is 9.17. The fourth-order valence-electron chi connectivity index (χ4n) is 3.55. The molecule has 3 nitrogen and oxygen atoms in total. The van der Waals surface area contributed by atoms with Crippen molar-refractivity contribution in [3.8, 4) is 5.75 Å². The molecule has 1 unspecified atom stereocenters. The van der Waals surface area contributed by atoms with Crippen LogP contribution in [-0.4, -0.2) is 15.1 Å². The molecule has 4 rings (SSSR count). The minimum Gasteiger partial charge on any atom is -0.505 e. The SMILES string of the molecule is Cc1ccc(C(Cc2cccc(C)n2)c2ccc3cccnc3c2O)cc1. The summed E-state index contributed by atoms with van der Waals surface area (Å²) in [5.41, 5.74) is 5.92. The first kappa shape index (κ1) is 17.2. The molecule has 3 heteroatoms. The molecule has 0 radical (unpaired) electrons. The maximum absolute atomic E-state index is 11.0. The summed E-state index contributed by atoms with van der Waals surface area (Å²) in [6, 6.07) is 22.5. The Morgan fingerprint density at radius 2 is 1.70 bits per heavy atom. The number of phenols is 1. The Kier molecular flexibility index (Phi) is 4.59. The Morgan fingerprint density at radius 3 is 2.48 bits per heavy atom. The third kappa shape index (κ3) is 3.54. The van der Waals surface area contributed by atoms with Gasteiger partial charge in [0.1, 0.15) is 11.3 Å². The number of benzene rings is 2. The summed E-state index contributed by atoms with van der Waals surface area (Å²) in [7, 11) is 0. The number of hydrogen-bond acceptors (Lipinski definition) is 3. The molecule has 27 heavy (non-hydrogen) atoms. The van der Waals surface area contributed by atoms with Crippen molar-refractivity contribution in [2.24, 2.45) is 0 Å². The van der Waals surface area contributed by atoms with Gasteiger partial charge in [0, 0.05) is 40.9 Å². The van der Waals surface area contributed by atoms with E-state index in [0.717, 1.165) is 34.3 Å². The Hall–Kier alpha value is -3.20. The van der Waals surface area contributed by atoms with Crippen LogP contribution in [0.3, 0.4) is 0 Å². The van der Waals surface area contributed by atoms with Gasteiger partial charge in [0.15, 0.2) is 0 Å². The largest absolute Gasteiger partial charge is 0.505 e. The fourth-order valence-corrected chi connectivity index (χ4v) is 3.55. The second-order valence-corrected chi connectivity index (χ2v) is 7.02. The second kappa shape index (κ2) is 7.20. The van der Waals surface area contributed by atoms with Crippen LogP contribution in [0.4, 0.5) is 0 Å². The summed E-state index contributed by atoms with van der Waals surface area (Å²) in [4.78, 5) is 9.06. The van der Waals surface area contributed by atoms with E-state index in [1.54, 1.807) is 6.20 Å². The lowest BCUT2D eigenvalue weighted by Crippen LogP contribution is -2.07. The number of hydrogen-bond donors (Lipinski definition) is 1. The molecule has 0 bridgehead atoms. The first-order chi connectivity index (χ1) is 13.1. The average molecular weight is 354 g/mol. The van der Waals surface area contributed by atoms with Crippen molar-refractivity contribution in [1.82, 2.24) is 9.97 Å². The molecule has 4 aromatic rings. The van der Waals surface area contributed by atoms with Gasteiger partial charge in [0.05, 0.1) is 0 Å². The van der Waals surface area contributed by atoms with Crippen molar-refractivity contribution in [3.63, 3.8) is 0 Å². The molecular formula is C24H22N2O. The van der Waals surface area contributed by atoms with Crippen molar-refractivity contribution in [2.75, 3.05) is 0 Å². The Bertz CT molecular complexity index is 1090. The van der Waals surface area contributed by atoms with Crippen molar-refractivity contribution in [1.29, 1.82) is 0 Å². The fraction of sp³-hybridized carbons (Fsp3) is 0.167. The first-order valence-electron chi connectivity index (χ1n) is 9.17. The number of aryl methyl sites for hydroxylation is 2. The summed E-state index contributed by atoms with van der Waals surface area (Å²) in [6.07, 6.45) is 2.44. The molecule has 2 aromatic heterocycles. The van der Waals surface area contributed by atoms with Crippen molar-refractivity contribution < 1.29 is 5.11 Å². The molecular weight excluding hydrogens is 332 g/mol. The van der Waals surface area contributed by atoms with Crippen molar-refractivity contribution in [3.05, 3.63) is 101 Å². The highest BCUT2D eigenvalue weighted by atomic mass is 16.3. The van der Waals surface area contributed by atoms with Gasteiger partial charge in [-0.1, -0.05) is 54.1 Å². The number of aromatic nitrogens is 2. The quantitative estimate of drug-likeness (QED) is 0.539. The van der Waals surface area contributed by atoms with Crippen LogP contribution in [0, 0.1) is 13.8 Å². The summed E-state index contributed by atoms with van der Waals surface area (Å²) >= 11 is 0. The van der Waals surface area contributed by atoms with Crippen LogP contribution in [-0.2, 0) is 6.42 Å². The monoisotopic (exact) mass is 354 g/mol. The van der Waals surface area contributed by atoms with E-state index < -0.39 is 0 Å². The zero-order valence-electron chi connectivity index (χ0n) is 15.6. The van der Waals surface area contributed by atoms with E-state index in [2.05, 4.69) is 41.2 Å². The second-order valence-electron chi connectivity index (χ2n) is 7.02. The van der Waals surface area contributed by atoms with E-state index in [-0.39, 0.29) is 11.7 Å². The molecule has 0 aliphatic heterocycles. The van der Waals surface area contributed by atoms with E-state index in [9.17, 15) is 5.11 Å². The van der Waals surface area contributed by atoms with Crippen LogP contribution < -0.4 is 0 Å². The topological polar surface area (TPSA) is 46.0 Å². The maximum atomic E-state index is 11.0. The van der Waals surface area contributed by atoms with E-state index in [1.165, 1.54) is 5.56 Å². The van der Waals surface area contributed by atoms with Gasteiger partial charge in [-0.3, -0.25) is 9.97 Å². The molecule has 2 heterocycles. The normalized spacial score (nSPS) is 12.2. The molecule has 0 aliphatic carbocycles. The summed E-state index contributed by atoms with van der Waals surface area (Å²) in [5.74, 6) is 0.262. The molecule has 1 atom stereocenters. The Morgan fingerprint density at radius 1 is 0.889 bits per heavy atom. The lowest BCUT2D eigenvalue weighted by atomic mass is 9.85. The van der Waals surface area contributed by atoms with Crippen LogP contribution in [0.5, 0.6) is 5.75 Å². The minimum atomic E-state index is 0.00584. The zero-order chi connectivity index (χ0) is 18.8. The summed E-state index contributed by atoms with van der Waals surface area (Å²) in [6.45, 7) is 4.08. The van der Waals surface area contributed by atoms with Gasteiger partial charge >= 0.3 is 0 Å². The smallest absolute Gasteiger partial charge is 0.145 e. The number of pyridine rings is 2. The summed E-state index contributed by atoms with van der Waals surface area (Å²) in [5, 5.41) is 11.9. The van der Waals surface area contributed by atoms with Gasteiger partial charge in [-0.2, -0.15) is 0 Å². The van der Waals surface area contributed by atoms with Crippen LogP contribution in [0.25, 0.3) is 10.9 Å². The maximum Gasteiger partial charge on any atom is 0.145 e. The highest BCUT2D eigenvalue weighted by Gasteiger charge is 2.21. The van der Waals surface area contributed by atoms with Gasteiger partial charge in [0.25, 0.3) is 0 Å². The number of nitrogens with zero attached hydrogens (tertiary/aromatic N) is 2. The van der Waals surface area contributed by atoms with E-state index in [4.69, 9.17) is 0 Å². The Labute approximate surface area is 159 Å². The number of rotatable bonds is 4. The Balaban J connectivity index is 1.84. The standard InChI is InChI=1S/C24H22N2O/c1-16-8-10-18(11-9-16)22(15-20-7-3-5-17(2)26-20)21-13-12-19-6-4-14-25-23(19)24(21)27/h3-14,22,27H,15H2,1-2H3. The highest BCUT2D eigenvalue weighted by Crippen LogP contribution is 2.37. The van der Waals surface area contributed by atoms with Crippen LogP contribution >= 0.6 is 0 Å². The van der Waals surface area contributed by atoms with Crippen molar-refractivity contribution in [2.45, 2.75) is 26.2 Å².